The van der Waals surface area contributed by atoms with Crippen molar-refractivity contribution in [3.8, 4) is 0 Å². The highest BCUT2D eigenvalue weighted by molar-refractivity contribution is 7.16. The van der Waals surface area contributed by atoms with E-state index < -0.39 is 12.1 Å². The Bertz CT molecular complexity index is 601. The van der Waals surface area contributed by atoms with Crippen LogP contribution in [0.2, 0.25) is 0 Å². The fraction of sp³-hybridized carbons (Fsp3) is 0.533. The highest BCUT2D eigenvalue weighted by Crippen LogP contribution is 2.36. The standard InChI is InChI=1S/C15H19NO4S/c1-7-10(4)21-14(16-13(18)11-5-6-11)12(7)15(19)20-9(3)8(2)17/h9,11H,5-6H2,1-4H3,(H,16,18). The molecule has 1 amide bonds. The molecule has 21 heavy (non-hydrogen) atoms. The van der Waals surface area contributed by atoms with Crippen molar-refractivity contribution < 1.29 is 19.1 Å². The van der Waals surface area contributed by atoms with E-state index in [1.54, 1.807) is 0 Å². The van der Waals surface area contributed by atoms with Gasteiger partial charge in [0.25, 0.3) is 0 Å². The van der Waals surface area contributed by atoms with E-state index in [4.69, 9.17) is 4.74 Å². The van der Waals surface area contributed by atoms with E-state index in [9.17, 15) is 14.4 Å². The van der Waals surface area contributed by atoms with Gasteiger partial charge in [-0.25, -0.2) is 4.79 Å². The van der Waals surface area contributed by atoms with Crippen LogP contribution in [-0.4, -0.2) is 23.8 Å². The molecular formula is C15H19NO4S. The summed E-state index contributed by atoms with van der Waals surface area (Å²) in [6.07, 6.45) is 1.01. The number of hydrogen-bond donors (Lipinski definition) is 1. The number of anilines is 1. The van der Waals surface area contributed by atoms with Crippen LogP contribution in [0.15, 0.2) is 0 Å². The monoisotopic (exact) mass is 309 g/mol. The highest BCUT2D eigenvalue weighted by atomic mass is 32.1. The Morgan fingerprint density at radius 2 is 1.90 bits per heavy atom. The van der Waals surface area contributed by atoms with E-state index >= 15 is 0 Å². The maximum absolute atomic E-state index is 12.3. The molecule has 5 nitrogen and oxygen atoms in total. The average molecular weight is 309 g/mol. The fourth-order valence-electron chi connectivity index (χ4n) is 1.82. The largest absolute Gasteiger partial charge is 0.451 e. The summed E-state index contributed by atoms with van der Waals surface area (Å²) in [7, 11) is 0. The predicted molar refractivity (Wildman–Crippen MR) is 80.7 cm³/mol. The van der Waals surface area contributed by atoms with Crippen LogP contribution in [-0.2, 0) is 14.3 Å². The first kappa shape index (κ1) is 15.7. The summed E-state index contributed by atoms with van der Waals surface area (Å²) in [6.45, 7) is 6.61. The SMILES string of the molecule is CC(=O)C(C)OC(=O)c1c(NC(=O)C2CC2)sc(C)c1C. The predicted octanol–water partition coefficient (Wildman–Crippen LogP) is 2.85. The molecule has 1 unspecified atom stereocenters. The number of Topliss-reactive ketones (excluding diaryl/α,β-unsaturated/α-hetero) is 1. The number of esters is 1. The van der Waals surface area contributed by atoms with Crippen molar-refractivity contribution >= 4 is 34.0 Å². The van der Waals surface area contributed by atoms with E-state index in [0.717, 1.165) is 23.3 Å². The van der Waals surface area contributed by atoms with Crippen molar-refractivity contribution in [2.24, 2.45) is 5.92 Å². The topological polar surface area (TPSA) is 72.5 Å². The summed E-state index contributed by atoms with van der Waals surface area (Å²) in [6, 6.07) is 0. The van der Waals surface area contributed by atoms with Crippen LogP contribution < -0.4 is 5.32 Å². The second-order valence-electron chi connectivity index (χ2n) is 5.41. The molecule has 1 atom stereocenters. The molecule has 1 fully saturated rings. The van der Waals surface area contributed by atoms with Crippen molar-refractivity contribution in [3.05, 3.63) is 16.0 Å². The third-order valence-corrected chi connectivity index (χ3v) is 4.75. The molecular weight excluding hydrogens is 290 g/mol. The Morgan fingerprint density at radius 3 is 2.43 bits per heavy atom. The third kappa shape index (κ3) is 3.50. The number of aryl methyl sites for hydroxylation is 1. The molecule has 2 rings (SSSR count). The van der Waals surface area contributed by atoms with Crippen molar-refractivity contribution in [2.45, 2.75) is 46.6 Å². The third-order valence-electron chi connectivity index (χ3n) is 3.63. The molecule has 0 aromatic carbocycles. The molecule has 1 aliphatic rings. The van der Waals surface area contributed by atoms with Crippen molar-refractivity contribution in [1.82, 2.24) is 0 Å². The molecule has 1 heterocycles. The summed E-state index contributed by atoms with van der Waals surface area (Å²) in [5, 5.41) is 3.33. The van der Waals surface area contributed by atoms with Crippen LogP contribution in [0.25, 0.3) is 0 Å². The maximum atomic E-state index is 12.3. The normalized spacial score (nSPS) is 15.4. The van der Waals surface area contributed by atoms with Crippen LogP contribution in [0, 0.1) is 19.8 Å². The number of hydrogen-bond acceptors (Lipinski definition) is 5. The summed E-state index contributed by atoms with van der Waals surface area (Å²) >= 11 is 1.36. The first-order chi connectivity index (χ1) is 9.81. The summed E-state index contributed by atoms with van der Waals surface area (Å²) in [4.78, 5) is 36.3. The lowest BCUT2D eigenvalue weighted by atomic mass is 10.1. The van der Waals surface area contributed by atoms with Gasteiger partial charge in [-0.15, -0.1) is 11.3 Å². The van der Waals surface area contributed by atoms with E-state index in [1.807, 2.05) is 13.8 Å². The van der Waals surface area contributed by atoms with E-state index in [2.05, 4.69) is 5.32 Å². The quantitative estimate of drug-likeness (QED) is 0.849. The molecule has 1 saturated carbocycles. The Hall–Kier alpha value is -1.69. The molecule has 6 heteroatoms. The zero-order chi connectivity index (χ0) is 15.7. The molecule has 0 saturated heterocycles. The Morgan fingerprint density at radius 1 is 1.29 bits per heavy atom. The van der Waals surface area contributed by atoms with Gasteiger partial charge in [0.05, 0.1) is 5.56 Å². The summed E-state index contributed by atoms with van der Waals surface area (Å²) in [5.74, 6) is -0.764. The number of rotatable bonds is 5. The second-order valence-corrected chi connectivity index (χ2v) is 6.63. The number of thiophene rings is 1. The molecule has 0 spiro atoms. The van der Waals surface area contributed by atoms with Crippen LogP contribution in [0.1, 0.15) is 47.5 Å². The smallest absolute Gasteiger partial charge is 0.342 e. The van der Waals surface area contributed by atoms with Crippen LogP contribution in [0.5, 0.6) is 0 Å². The van der Waals surface area contributed by atoms with Gasteiger partial charge in [-0.3, -0.25) is 9.59 Å². The summed E-state index contributed by atoms with van der Waals surface area (Å²) in [5.41, 5.74) is 1.14. The van der Waals surface area contributed by atoms with Gasteiger partial charge in [0.1, 0.15) is 5.00 Å². The van der Waals surface area contributed by atoms with Gasteiger partial charge in [0.15, 0.2) is 11.9 Å². The van der Waals surface area contributed by atoms with Gasteiger partial charge in [-0.2, -0.15) is 0 Å². The van der Waals surface area contributed by atoms with Gasteiger partial charge >= 0.3 is 5.97 Å². The second kappa shape index (κ2) is 5.97. The minimum Gasteiger partial charge on any atom is -0.451 e. The van der Waals surface area contributed by atoms with Crippen LogP contribution in [0.3, 0.4) is 0 Å². The molecule has 114 valence electrons. The molecule has 1 N–H and O–H groups in total. The van der Waals surface area contributed by atoms with Gasteiger partial charge in [0, 0.05) is 10.8 Å². The Kier molecular flexibility index (Phi) is 4.46. The average Bonchev–Trinajstić information content (AvgIpc) is 3.18. The lowest BCUT2D eigenvalue weighted by Gasteiger charge is -2.11. The summed E-state index contributed by atoms with van der Waals surface area (Å²) < 4.78 is 5.16. The number of ketones is 1. The fourth-order valence-corrected chi connectivity index (χ4v) is 2.87. The Labute approximate surface area is 127 Å². The minimum absolute atomic E-state index is 0.0510. The van der Waals surface area contributed by atoms with Crippen molar-refractivity contribution in [1.29, 1.82) is 0 Å². The first-order valence-electron chi connectivity index (χ1n) is 6.93. The molecule has 1 aromatic rings. The van der Waals surface area contributed by atoms with Gasteiger partial charge in [0.2, 0.25) is 5.91 Å². The lowest BCUT2D eigenvalue weighted by molar-refractivity contribution is -0.124. The zero-order valence-corrected chi connectivity index (χ0v) is 13.4. The van der Waals surface area contributed by atoms with Crippen LogP contribution >= 0.6 is 11.3 Å². The minimum atomic E-state index is -0.788. The lowest BCUT2D eigenvalue weighted by Crippen LogP contribution is -2.23. The number of ether oxygens (including phenoxy) is 1. The molecule has 0 aliphatic heterocycles. The van der Waals surface area contributed by atoms with Crippen molar-refractivity contribution in [3.63, 3.8) is 0 Å². The first-order valence-corrected chi connectivity index (χ1v) is 7.75. The molecule has 1 aliphatic carbocycles. The zero-order valence-electron chi connectivity index (χ0n) is 12.6. The maximum Gasteiger partial charge on any atom is 0.342 e. The Balaban J connectivity index is 2.22. The van der Waals surface area contributed by atoms with E-state index in [-0.39, 0.29) is 17.6 Å². The number of nitrogens with one attached hydrogen (secondary N) is 1. The number of amides is 1. The van der Waals surface area contributed by atoms with E-state index in [0.29, 0.717) is 10.6 Å². The molecule has 0 bridgehead atoms. The van der Waals surface area contributed by atoms with Gasteiger partial charge in [-0.1, -0.05) is 0 Å². The highest BCUT2D eigenvalue weighted by Gasteiger charge is 2.32. The van der Waals surface area contributed by atoms with Gasteiger partial charge < -0.3 is 10.1 Å². The van der Waals surface area contributed by atoms with Gasteiger partial charge in [-0.05, 0) is 46.1 Å². The van der Waals surface area contributed by atoms with Crippen LogP contribution in [0.4, 0.5) is 5.00 Å². The van der Waals surface area contributed by atoms with Crippen molar-refractivity contribution in [2.75, 3.05) is 5.32 Å². The molecule has 1 aromatic heterocycles. The molecule has 0 radical (unpaired) electrons. The van der Waals surface area contributed by atoms with E-state index in [1.165, 1.54) is 25.2 Å². The number of carbonyl (C=O) groups excluding carboxylic acids is 3. The number of carbonyl (C=O) groups is 3.